The van der Waals surface area contributed by atoms with Crippen molar-refractivity contribution in [2.45, 2.75) is 62.8 Å². The van der Waals surface area contributed by atoms with Gasteiger partial charge in [0.25, 0.3) is 8.32 Å². The first-order valence-electron chi connectivity index (χ1n) is 11.1. The largest absolute Gasteiger partial charge is 0.406 e. The molecule has 1 aliphatic carbocycles. The van der Waals surface area contributed by atoms with Gasteiger partial charge in [-0.15, -0.1) is 0 Å². The Morgan fingerprint density at radius 3 is 2.07 bits per heavy atom. The Kier molecular flexibility index (Phi) is 6.17. The van der Waals surface area contributed by atoms with Crippen molar-refractivity contribution in [3.05, 3.63) is 60.7 Å². The Morgan fingerprint density at radius 1 is 1.07 bits per heavy atom. The molecule has 1 heterocycles. The van der Waals surface area contributed by atoms with E-state index >= 15 is 4.39 Å². The molecule has 1 N–H and O–H groups in total. The summed E-state index contributed by atoms with van der Waals surface area (Å²) in [6.07, 6.45) is 2.16. The molecule has 0 bridgehead atoms. The third-order valence-corrected chi connectivity index (χ3v) is 11.6. The fraction of sp³-hybridized carbons (Fsp3) is 0.520. The second kappa shape index (κ2) is 8.54. The van der Waals surface area contributed by atoms with Crippen LogP contribution in [0.5, 0.6) is 0 Å². The van der Waals surface area contributed by atoms with Crippen LogP contribution in [-0.4, -0.2) is 45.9 Å². The van der Waals surface area contributed by atoms with Gasteiger partial charge in [-0.1, -0.05) is 81.4 Å². The number of benzene rings is 2. The second-order valence-electron chi connectivity index (χ2n) is 9.79. The van der Waals surface area contributed by atoms with E-state index in [1.165, 1.54) is 10.4 Å². The normalized spacial score (nSPS) is 22.1. The van der Waals surface area contributed by atoms with Crippen molar-refractivity contribution in [3.63, 3.8) is 0 Å². The molecule has 2 unspecified atom stereocenters. The quantitative estimate of drug-likeness (QED) is 0.650. The smallest absolute Gasteiger partial charge is 0.261 e. The number of hydrogen-bond donors (Lipinski definition) is 1. The number of ether oxygens (including phenoxy) is 1. The van der Waals surface area contributed by atoms with Crippen LogP contribution in [0.1, 0.15) is 40.0 Å². The number of alkyl halides is 1. The van der Waals surface area contributed by atoms with Crippen LogP contribution in [-0.2, 0) is 9.16 Å². The van der Waals surface area contributed by atoms with Crippen molar-refractivity contribution in [1.29, 1.82) is 0 Å². The highest BCUT2D eigenvalue weighted by Gasteiger charge is 2.54. The zero-order valence-electron chi connectivity index (χ0n) is 18.4. The van der Waals surface area contributed by atoms with Crippen LogP contribution in [0.25, 0.3) is 0 Å². The van der Waals surface area contributed by atoms with Gasteiger partial charge in [0.05, 0.1) is 19.3 Å². The zero-order chi connectivity index (χ0) is 21.2. The van der Waals surface area contributed by atoms with Crippen LogP contribution in [0, 0.1) is 0 Å². The summed E-state index contributed by atoms with van der Waals surface area (Å²) in [4.78, 5) is 0. The molecule has 0 aromatic heterocycles. The van der Waals surface area contributed by atoms with Crippen molar-refractivity contribution < 1.29 is 13.6 Å². The lowest BCUT2D eigenvalue weighted by atomic mass is 10.1. The molecule has 4 rings (SSSR count). The third-order valence-electron chi connectivity index (χ3n) is 6.60. The van der Waals surface area contributed by atoms with E-state index < -0.39 is 14.0 Å². The molecule has 2 aromatic rings. The topological polar surface area (TPSA) is 30.5 Å². The van der Waals surface area contributed by atoms with E-state index in [0.29, 0.717) is 26.1 Å². The van der Waals surface area contributed by atoms with Gasteiger partial charge >= 0.3 is 0 Å². The zero-order valence-corrected chi connectivity index (χ0v) is 19.4. The van der Waals surface area contributed by atoms with Crippen molar-refractivity contribution >= 4 is 18.7 Å². The SMILES string of the molecule is CC(C)(C)[Si](OCC(NC1CCOC1)C1(F)CC1)(c1ccccc1)c1ccccc1. The fourth-order valence-corrected chi connectivity index (χ4v) is 9.31. The summed E-state index contributed by atoms with van der Waals surface area (Å²) < 4.78 is 27.8. The van der Waals surface area contributed by atoms with E-state index in [4.69, 9.17) is 9.16 Å². The predicted octanol–water partition coefficient (Wildman–Crippen LogP) is 3.81. The lowest BCUT2D eigenvalue weighted by Gasteiger charge is -2.44. The molecule has 3 nitrogen and oxygen atoms in total. The van der Waals surface area contributed by atoms with Crippen LogP contribution in [0.2, 0.25) is 5.04 Å². The molecular weight excluding hydrogens is 393 g/mol. The van der Waals surface area contributed by atoms with Gasteiger partial charge in [-0.25, -0.2) is 4.39 Å². The Hall–Kier alpha value is -1.53. The molecule has 2 aromatic carbocycles. The Bertz CT molecular complexity index is 775. The van der Waals surface area contributed by atoms with Gasteiger partial charge in [0.1, 0.15) is 5.67 Å². The van der Waals surface area contributed by atoms with Gasteiger partial charge in [0.15, 0.2) is 0 Å². The van der Waals surface area contributed by atoms with Crippen molar-refractivity contribution in [2.24, 2.45) is 0 Å². The van der Waals surface area contributed by atoms with E-state index in [-0.39, 0.29) is 17.1 Å². The molecule has 1 saturated heterocycles. The number of hydrogen-bond acceptors (Lipinski definition) is 3. The summed E-state index contributed by atoms with van der Waals surface area (Å²) in [5.74, 6) is 0. The maximum atomic E-state index is 15.3. The van der Waals surface area contributed by atoms with Gasteiger partial charge in [0.2, 0.25) is 0 Å². The molecular formula is C25H34FNO2Si. The Labute approximate surface area is 181 Å². The summed E-state index contributed by atoms with van der Waals surface area (Å²) >= 11 is 0. The van der Waals surface area contributed by atoms with E-state index in [2.05, 4.69) is 74.6 Å². The number of halogens is 1. The maximum Gasteiger partial charge on any atom is 0.261 e. The first-order chi connectivity index (χ1) is 14.4. The van der Waals surface area contributed by atoms with Gasteiger partial charge in [-0.3, -0.25) is 0 Å². The highest BCUT2D eigenvalue weighted by Crippen LogP contribution is 2.44. The monoisotopic (exact) mass is 427 g/mol. The molecule has 0 spiro atoms. The third kappa shape index (κ3) is 4.26. The van der Waals surface area contributed by atoms with Crippen LogP contribution >= 0.6 is 0 Å². The van der Waals surface area contributed by atoms with Crippen LogP contribution in [0.4, 0.5) is 4.39 Å². The summed E-state index contributed by atoms with van der Waals surface area (Å²) in [5.41, 5.74) is -1.16. The summed E-state index contributed by atoms with van der Waals surface area (Å²) in [5, 5.41) is 5.90. The van der Waals surface area contributed by atoms with E-state index in [1.807, 2.05) is 12.1 Å². The fourth-order valence-electron chi connectivity index (χ4n) is 4.74. The Morgan fingerprint density at radius 2 is 1.63 bits per heavy atom. The van der Waals surface area contributed by atoms with Crippen LogP contribution in [0.3, 0.4) is 0 Å². The van der Waals surface area contributed by atoms with Crippen molar-refractivity contribution in [2.75, 3.05) is 19.8 Å². The average molecular weight is 428 g/mol. The van der Waals surface area contributed by atoms with Gasteiger partial charge in [-0.05, 0) is 34.7 Å². The highest BCUT2D eigenvalue weighted by atomic mass is 28.4. The maximum absolute atomic E-state index is 15.3. The standard InChI is InChI=1S/C25H34FNO2Si/c1-24(2,3)30(21-10-6-4-7-11-21,22-12-8-5-9-13-22)29-19-23(25(26)15-16-25)27-20-14-17-28-18-20/h4-13,20,23,27H,14-19H2,1-3H3. The minimum Gasteiger partial charge on any atom is -0.406 e. The van der Waals surface area contributed by atoms with Gasteiger partial charge < -0.3 is 14.5 Å². The van der Waals surface area contributed by atoms with Gasteiger partial charge in [0, 0.05) is 12.6 Å². The van der Waals surface area contributed by atoms with E-state index in [9.17, 15) is 0 Å². The minimum atomic E-state index is -2.66. The van der Waals surface area contributed by atoms with Crippen LogP contribution in [0.15, 0.2) is 60.7 Å². The molecule has 1 saturated carbocycles. The molecule has 2 aliphatic rings. The number of rotatable bonds is 8. The average Bonchev–Trinajstić information content (AvgIpc) is 3.27. The molecule has 1 aliphatic heterocycles. The predicted molar refractivity (Wildman–Crippen MR) is 123 cm³/mol. The summed E-state index contributed by atoms with van der Waals surface area (Å²) in [7, 11) is -2.66. The molecule has 5 heteroatoms. The molecule has 30 heavy (non-hydrogen) atoms. The molecule has 0 amide bonds. The molecule has 2 atom stereocenters. The molecule has 162 valence electrons. The highest BCUT2D eigenvalue weighted by molar-refractivity contribution is 6.99. The minimum absolute atomic E-state index is 0.107. The van der Waals surface area contributed by atoms with Crippen molar-refractivity contribution in [1.82, 2.24) is 5.32 Å². The molecule has 0 radical (unpaired) electrons. The lowest BCUT2D eigenvalue weighted by Crippen LogP contribution is -2.68. The van der Waals surface area contributed by atoms with Crippen LogP contribution < -0.4 is 15.7 Å². The Balaban J connectivity index is 1.69. The summed E-state index contributed by atoms with van der Waals surface area (Å²) in [6.45, 7) is 8.56. The first-order valence-corrected chi connectivity index (χ1v) is 13.0. The van der Waals surface area contributed by atoms with Crippen molar-refractivity contribution in [3.8, 4) is 0 Å². The second-order valence-corrected chi connectivity index (χ2v) is 14.1. The number of nitrogens with one attached hydrogen (secondary N) is 1. The van der Waals surface area contributed by atoms with E-state index in [1.54, 1.807) is 0 Å². The van der Waals surface area contributed by atoms with Gasteiger partial charge in [-0.2, -0.15) is 0 Å². The summed E-state index contributed by atoms with van der Waals surface area (Å²) in [6, 6.07) is 21.0. The molecule has 2 fully saturated rings. The first kappa shape index (κ1) is 21.7. The van der Waals surface area contributed by atoms with E-state index in [0.717, 1.165) is 13.0 Å². The lowest BCUT2D eigenvalue weighted by molar-refractivity contribution is 0.135.